The molecule has 0 N–H and O–H groups in total. The summed E-state index contributed by atoms with van der Waals surface area (Å²) in [5, 5.41) is 0.361. The van der Waals surface area contributed by atoms with Gasteiger partial charge >= 0.3 is 12.1 Å². The second kappa shape index (κ2) is 7.86. The van der Waals surface area contributed by atoms with Crippen molar-refractivity contribution in [1.29, 1.82) is 0 Å². The number of halogens is 1. The largest absolute Gasteiger partial charge is 0.456 e. The Morgan fingerprint density at radius 2 is 2.08 bits per heavy atom. The van der Waals surface area contributed by atoms with Gasteiger partial charge in [-0.3, -0.25) is 14.7 Å². The van der Waals surface area contributed by atoms with Crippen LogP contribution in [-0.4, -0.2) is 63.3 Å². The van der Waals surface area contributed by atoms with E-state index >= 15 is 0 Å². The van der Waals surface area contributed by atoms with Gasteiger partial charge in [-0.2, -0.15) is 0 Å². The van der Waals surface area contributed by atoms with Gasteiger partial charge in [0, 0.05) is 6.54 Å². The predicted molar refractivity (Wildman–Crippen MR) is 94.5 cm³/mol. The molecule has 2 aliphatic rings. The lowest BCUT2D eigenvalue weighted by Crippen LogP contribution is -2.44. The van der Waals surface area contributed by atoms with Crippen molar-refractivity contribution in [2.45, 2.75) is 49.4 Å². The number of ketones is 1. The molecule has 9 heteroatoms. The smallest absolute Gasteiger partial charge is 0.411 e. The van der Waals surface area contributed by atoms with Crippen LogP contribution in [0.2, 0.25) is 0 Å². The molecule has 0 aliphatic carbocycles. The third-order valence-corrected chi connectivity index (χ3v) is 5.19. The maximum Gasteiger partial charge on any atom is 0.411 e. The minimum Gasteiger partial charge on any atom is -0.456 e. The van der Waals surface area contributed by atoms with Crippen LogP contribution in [0.15, 0.2) is 4.99 Å². The molecule has 0 aromatic heterocycles. The van der Waals surface area contributed by atoms with E-state index in [1.54, 1.807) is 20.8 Å². The molecule has 1 fully saturated rings. The van der Waals surface area contributed by atoms with Crippen LogP contribution in [0.1, 0.15) is 33.6 Å². The molecular weight excluding hydrogens is 400 g/mol. The maximum absolute atomic E-state index is 12.2. The van der Waals surface area contributed by atoms with Crippen molar-refractivity contribution in [3.63, 3.8) is 0 Å². The number of amides is 1. The Kier molecular flexibility index (Phi) is 6.30. The fraction of sp³-hybridized carbons (Fsp3) is 0.733. The lowest BCUT2D eigenvalue weighted by molar-refractivity contribution is -0.151. The van der Waals surface area contributed by atoms with E-state index in [1.807, 2.05) is 0 Å². The van der Waals surface area contributed by atoms with Crippen LogP contribution in [0, 0.1) is 0 Å². The molecule has 0 radical (unpaired) electrons. The van der Waals surface area contributed by atoms with E-state index in [9.17, 15) is 14.4 Å². The molecule has 1 saturated heterocycles. The van der Waals surface area contributed by atoms with Crippen LogP contribution >= 0.6 is 27.7 Å². The van der Waals surface area contributed by atoms with Crippen LogP contribution in [0.5, 0.6) is 0 Å². The molecule has 24 heavy (non-hydrogen) atoms. The average molecular weight is 421 g/mol. The van der Waals surface area contributed by atoms with Crippen LogP contribution in [0.3, 0.4) is 0 Å². The number of hydrogen-bond acceptors (Lipinski definition) is 7. The van der Waals surface area contributed by atoms with Crippen molar-refractivity contribution in [2.24, 2.45) is 4.99 Å². The predicted octanol–water partition coefficient (Wildman–Crippen LogP) is 2.36. The number of carbonyl (C=O) groups is 3. The third-order valence-electron chi connectivity index (χ3n) is 3.35. The Bertz CT molecular complexity index is 561. The van der Waals surface area contributed by atoms with Gasteiger partial charge < -0.3 is 9.47 Å². The van der Waals surface area contributed by atoms with Crippen molar-refractivity contribution < 1.29 is 23.9 Å². The molecule has 7 nitrogen and oxygen atoms in total. The van der Waals surface area contributed by atoms with Crippen molar-refractivity contribution in [3.05, 3.63) is 0 Å². The second-order valence-corrected chi connectivity index (χ2v) is 9.44. The van der Waals surface area contributed by atoms with E-state index in [0.29, 0.717) is 31.0 Å². The lowest BCUT2D eigenvalue weighted by atomic mass is 10.2. The molecule has 2 heterocycles. The molecule has 2 rings (SSSR count). The first-order valence-corrected chi connectivity index (χ1v) is 9.51. The molecule has 0 spiro atoms. The summed E-state index contributed by atoms with van der Waals surface area (Å²) < 4.78 is 10.5. The summed E-state index contributed by atoms with van der Waals surface area (Å²) >= 11 is 4.67. The summed E-state index contributed by atoms with van der Waals surface area (Å²) in [6.45, 7) is 5.91. The molecule has 134 valence electrons. The number of aliphatic imine (C=N–C) groups is 1. The number of esters is 1. The zero-order valence-electron chi connectivity index (χ0n) is 13.9. The molecule has 0 aromatic carbocycles. The summed E-state index contributed by atoms with van der Waals surface area (Å²) in [5.41, 5.74) is -0.631. The van der Waals surface area contributed by atoms with Gasteiger partial charge in [-0.15, -0.1) is 0 Å². The summed E-state index contributed by atoms with van der Waals surface area (Å²) in [7, 11) is 0. The number of likely N-dealkylation sites (tertiary alicyclic amines) is 1. The van der Waals surface area contributed by atoms with Crippen molar-refractivity contribution >= 4 is 50.6 Å². The minimum atomic E-state index is -0.699. The molecule has 2 atom stereocenters. The first-order valence-electron chi connectivity index (χ1n) is 7.72. The maximum atomic E-state index is 12.2. The highest BCUT2D eigenvalue weighted by atomic mass is 79.9. The summed E-state index contributed by atoms with van der Waals surface area (Å²) in [6, 6.07) is -0.699. The second-order valence-electron chi connectivity index (χ2n) is 6.54. The number of ether oxygens (including phenoxy) is 2. The van der Waals surface area contributed by atoms with Gasteiger partial charge in [0.2, 0.25) is 5.78 Å². The van der Waals surface area contributed by atoms with E-state index < -0.39 is 23.7 Å². The normalized spacial score (nSPS) is 23.8. The number of hydrogen-bond donors (Lipinski definition) is 0. The monoisotopic (exact) mass is 420 g/mol. The Morgan fingerprint density at radius 1 is 1.38 bits per heavy atom. The summed E-state index contributed by atoms with van der Waals surface area (Å²) in [4.78, 5) is 41.8. The molecule has 0 bridgehead atoms. The number of carbonyl (C=O) groups excluding carboxylic acids is 3. The molecule has 1 amide bonds. The Hall–Kier alpha value is -1.09. The van der Waals surface area contributed by atoms with Gasteiger partial charge in [0.05, 0.1) is 10.7 Å². The van der Waals surface area contributed by atoms with E-state index in [-0.39, 0.29) is 16.5 Å². The molecule has 0 aromatic rings. The quantitative estimate of drug-likeness (QED) is 0.512. The highest BCUT2D eigenvalue weighted by molar-refractivity contribution is 9.11. The van der Waals surface area contributed by atoms with Crippen molar-refractivity contribution in [2.75, 3.05) is 19.7 Å². The average Bonchev–Trinajstić information content (AvgIpc) is 3.11. The molecule has 1 unspecified atom stereocenters. The Labute approximate surface area is 153 Å². The van der Waals surface area contributed by atoms with Crippen molar-refractivity contribution in [1.82, 2.24) is 4.90 Å². The third kappa shape index (κ3) is 5.20. The van der Waals surface area contributed by atoms with Gasteiger partial charge in [0.25, 0.3) is 0 Å². The van der Waals surface area contributed by atoms with Gasteiger partial charge in [-0.25, -0.2) is 9.59 Å². The number of rotatable bonds is 4. The van der Waals surface area contributed by atoms with Gasteiger partial charge in [0.1, 0.15) is 16.7 Å². The van der Waals surface area contributed by atoms with E-state index in [0.717, 1.165) is 0 Å². The Morgan fingerprint density at radius 3 is 2.67 bits per heavy atom. The minimum absolute atomic E-state index is 0.0876. The Balaban J connectivity index is 1.87. The topological polar surface area (TPSA) is 85.3 Å². The number of nitrogens with zero attached hydrogens (tertiary/aromatic N) is 2. The number of alkyl halides is 1. The molecule has 0 saturated carbocycles. The van der Waals surface area contributed by atoms with Crippen LogP contribution in [0.4, 0.5) is 4.79 Å². The first kappa shape index (κ1) is 19.2. The number of Topliss-reactive ketones (excluding diaryl/α,β-unsaturated/α-hetero) is 1. The van der Waals surface area contributed by atoms with Crippen molar-refractivity contribution in [3.8, 4) is 0 Å². The van der Waals surface area contributed by atoms with Gasteiger partial charge in [-0.05, 0) is 33.6 Å². The van der Waals surface area contributed by atoms with Gasteiger partial charge in [-0.1, -0.05) is 27.7 Å². The first-order chi connectivity index (χ1) is 11.2. The zero-order valence-corrected chi connectivity index (χ0v) is 16.3. The van der Waals surface area contributed by atoms with E-state index in [4.69, 9.17) is 9.47 Å². The fourth-order valence-corrected chi connectivity index (χ4v) is 3.76. The number of thioether (sulfide) groups is 1. The standard InChI is InChI=1S/C15H21BrN2O5S/c1-15(2,3)23-14(21)18-6-4-5-9(18)13(20)22-8-10(19)12-17-7-11(16)24-12/h9,11H,4-8H2,1-3H3/t9-,11?/m0/s1. The lowest BCUT2D eigenvalue weighted by Gasteiger charge is -2.27. The van der Waals surface area contributed by atoms with E-state index in [2.05, 4.69) is 20.9 Å². The highest BCUT2D eigenvalue weighted by Gasteiger charge is 2.38. The van der Waals surface area contributed by atoms with Crippen LogP contribution < -0.4 is 0 Å². The SMILES string of the molecule is CC(C)(C)OC(=O)N1CCC[C@H]1C(=O)OCC(=O)C1=NCC(Br)S1. The summed E-state index contributed by atoms with van der Waals surface area (Å²) in [6.07, 6.45) is 0.665. The van der Waals surface area contributed by atoms with E-state index in [1.165, 1.54) is 16.7 Å². The summed E-state index contributed by atoms with van der Waals surface area (Å²) in [5.74, 6) is -0.900. The molecular formula is C15H21BrN2O5S. The van der Waals surface area contributed by atoms with Crippen LogP contribution in [0.25, 0.3) is 0 Å². The van der Waals surface area contributed by atoms with Crippen LogP contribution in [-0.2, 0) is 19.1 Å². The zero-order chi connectivity index (χ0) is 17.9. The van der Waals surface area contributed by atoms with Gasteiger partial charge in [0.15, 0.2) is 6.61 Å². The highest BCUT2D eigenvalue weighted by Crippen LogP contribution is 2.26. The molecule has 2 aliphatic heterocycles. The fourth-order valence-electron chi connectivity index (χ4n) is 2.35.